The molecule has 1 saturated heterocycles. The molecule has 1 aromatic rings. The fourth-order valence-corrected chi connectivity index (χ4v) is 2.34. The van der Waals surface area contributed by atoms with E-state index in [-0.39, 0.29) is 18.6 Å². The molecule has 0 aromatic heterocycles. The van der Waals surface area contributed by atoms with Crippen LogP contribution in [-0.4, -0.2) is 54.2 Å². The molecule has 2 rings (SSSR count). The van der Waals surface area contributed by atoms with Gasteiger partial charge in [-0.2, -0.15) is 0 Å². The predicted octanol–water partition coefficient (Wildman–Crippen LogP) is 0.649. The van der Waals surface area contributed by atoms with Crippen LogP contribution in [0.25, 0.3) is 0 Å². The average molecular weight is 292 g/mol. The minimum atomic E-state index is -0.996. The molecule has 0 radical (unpaired) electrons. The summed E-state index contributed by atoms with van der Waals surface area (Å²) in [4.78, 5) is 25.1. The van der Waals surface area contributed by atoms with Crippen LogP contribution in [0.2, 0.25) is 0 Å². The lowest BCUT2D eigenvalue weighted by Crippen LogP contribution is -2.48. The first-order valence-corrected chi connectivity index (χ1v) is 6.98. The van der Waals surface area contributed by atoms with Crippen molar-refractivity contribution in [2.24, 2.45) is 0 Å². The Hall–Kier alpha value is -1.92. The number of rotatable bonds is 5. The molecule has 114 valence electrons. The Morgan fingerprint density at radius 1 is 1.43 bits per heavy atom. The van der Waals surface area contributed by atoms with Crippen molar-refractivity contribution < 1.29 is 19.4 Å². The van der Waals surface area contributed by atoms with Gasteiger partial charge < -0.3 is 14.7 Å². The second-order valence-corrected chi connectivity index (χ2v) is 5.08. The molecule has 0 saturated carbocycles. The standard InChI is InChI=1S/C15H20N2O4/c1-11-10-17(7-8-21-11)13(18)9-16-14(15(19)20)12-5-3-2-4-6-12/h2-6,11,14,16H,7-10H2,1H3,(H,19,20). The van der Waals surface area contributed by atoms with E-state index < -0.39 is 12.0 Å². The second kappa shape index (κ2) is 7.19. The lowest BCUT2D eigenvalue weighted by atomic mass is 10.1. The predicted molar refractivity (Wildman–Crippen MR) is 76.8 cm³/mol. The second-order valence-electron chi connectivity index (χ2n) is 5.08. The van der Waals surface area contributed by atoms with Crippen molar-refractivity contribution in [1.29, 1.82) is 0 Å². The normalized spacial score (nSPS) is 20.0. The minimum Gasteiger partial charge on any atom is -0.480 e. The van der Waals surface area contributed by atoms with E-state index >= 15 is 0 Å². The van der Waals surface area contributed by atoms with Crippen molar-refractivity contribution in [2.45, 2.75) is 19.1 Å². The molecule has 1 amide bonds. The van der Waals surface area contributed by atoms with Crippen LogP contribution in [0, 0.1) is 0 Å². The van der Waals surface area contributed by atoms with Gasteiger partial charge in [-0.1, -0.05) is 30.3 Å². The van der Waals surface area contributed by atoms with Crippen LogP contribution < -0.4 is 5.32 Å². The maximum absolute atomic E-state index is 12.1. The highest BCUT2D eigenvalue weighted by Gasteiger charge is 2.24. The lowest BCUT2D eigenvalue weighted by molar-refractivity contribution is -0.141. The molecule has 1 aliphatic rings. The summed E-state index contributed by atoms with van der Waals surface area (Å²) in [7, 11) is 0. The number of hydrogen-bond donors (Lipinski definition) is 2. The van der Waals surface area contributed by atoms with Gasteiger partial charge in [0, 0.05) is 13.1 Å². The number of carbonyl (C=O) groups excluding carboxylic acids is 1. The zero-order valence-corrected chi connectivity index (χ0v) is 12.0. The molecule has 0 bridgehead atoms. The van der Waals surface area contributed by atoms with Gasteiger partial charge in [0.1, 0.15) is 6.04 Å². The summed E-state index contributed by atoms with van der Waals surface area (Å²) in [5, 5.41) is 12.1. The Morgan fingerprint density at radius 2 is 2.14 bits per heavy atom. The Bertz CT molecular complexity index is 492. The zero-order valence-electron chi connectivity index (χ0n) is 12.0. The number of hydrogen-bond acceptors (Lipinski definition) is 4. The van der Waals surface area contributed by atoms with Crippen molar-refractivity contribution in [1.82, 2.24) is 10.2 Å². The molecular formula is C15H20N2O4. The minimum absolute atomic E-state index is 0.00141. The Labute approximate surface area is 123 Å². The molecule has 2 unspecified atom stereocenters. The van der Waals surface area contributed by atoms with Crippen LogP contribution >= 0.6 is 0 Å². The highest BCUT2D eigenvalue weighted by molar-refractivity contribution is 5.80. The van der Waals surface area contributed by atoms with Gasteiger partial charge in [-0.05, 0) is 12.5 Å². The number of ether oxygens (including phenoxy) is 1. The Balaban J connectivity index is 1.93. The number of carboxylic acids is 1. The van der Waals surface area contributed by atoms with Gasteiger partial charge in [0.25, 0.3) is 0 Å². The molecule has 1 heterocycles. The third-order valence-electron chi connectivity index (χ3n) is 3.43. The molecule has 0 spiro atoms. The highest BCUT2D eigenvalue weighted by atomic mass is 16.5. The van der Waals surface area contributed by atoms with Crippen molar-refractivity contribution in [3.63, 3.8) is 0 Å². The summed E-state index contributed by atoms with van der Waals surface area (Å²) in [6, 6.07) is 7.95. The zero-order chi connectivity index (χ0) is 15.2. The molecule has 1 fully saturated rings. The third-order valence-corrected chi connectivity index (χ3v) is 3.43. The van der Waals surface area contributed by atoms with Gasteiger partial charge in [-0.3, -0.25) is 14.9 Å². The van der Waals surface area contributed by atoms with E-state index in [2.05, 4.69) is 5.32 Å². The SMILES string of the molecule is CC1CN(C(=O)CNC(C(=O)O)c2ccccc2)CCO1. The number of carbonyl (C=O) groups is 2. The Morgan fingerprint density at radius 3 is 2.76 bits per heavy atom. The molecule has 2 atom stereocenters. The maximum atomic E-state index is 12.1. The first-order chi connectivity index (χ1) is 10.1. The van der Waals surface area contributed by atoms with Gasteiger partial charge >= 0.3 is 5.97 Å². The summed E-state index contributed by atoms with van der Waals surface area (Å²) in [5.41, 5.74) is 0.633. The number of aliphatic carboxylic acids is 1. The first kappa shape index (κ1) is 15.5. The largest absolute Gasteiger partial charge is 0.480 e. The van der Waals surface area contributed by atoms with Crippen LogP contribution in [0.5, 0.6) is 0 Å². The van der Waals surface area contributed by atoms with E-state index in [1.165, 1.54) is 0 Å². The highest BCUT2D eigenvalue weighted by Crippen LogP contribution is 2.12. The molecule has 6 heteroatoms. The smallest absolute Gasteiger partial charge is 0.325 e. The van der Waals surface area contributed by atoms with Crippen molar-refractivity contribution in [2.75, 3.05) is 26.2 Å². The number of nitrogens with one attached hydrogen (secondary N) is 1. The molecule has 1 aliphatic heterocycles. The van der Waals surface area contributed by atoms with E-state index in [0.29, 0.717) is 25.3 Å². The van der Waals surface area contributed by atoms with E-state index in [0.717, 1.165) is 0 Å². The molecule has 1 aromatic carbocycles. The summed E-state index contributed by atoms with van der Waals surface area (Å²) >= 11 is 0. The fraction of sp³-hybridized carbons (Fsp3) is 0.467. The van der Waals surface area contributed by atoms with E-state index in [1.807, 2.05) is 13.0 Å². The molecule has 21 heavy (non-hydrogen) atoms. The monoisotopic (exact) mass is 292 g/mol. The van der Waals surface area contributed by atoms with Crippen LogP contribution in [0.15, 0.2) is 30.3 Å². The fourth-order valence-electron chi connectivity index (χ4n) is 2.34. The number of benzene rings is 1. The van der Waals surface area contributed by atoms with Crippen molar-refractivity contribution >= 4 is 11.9 Å². The quantitative estimate of drug-likeness (QED) is 0.833. The van der Waals surface area contributed by atoms with Gasteiger partial charge in [0.2, 0.25) is 5.91 Å². The topological polar surface area (TPSA) is 78.9 Å². The van der Waals surface area contributed by atoms with Gasteiger partial charge in [-0.15, -0.1) is 0 Å². The average Bonchev–Trinajstić information content (AvgIpc) is 2.48. The summed E-state index contributed by atoms with van der Waals surface area (Å²) in [6.07, 6.45) is 0.0205. The summed E-state index contributed by atoms with van der Waals surface area (Å²) < 4.78 is 5.38. The first-order valence-electron chi connectivity index (χ1n) is 6.98. The van der Waals surface area contributed by atoms with E-state index in [1.54, 1.807) is 29.2 Å². The lowest BCUT2D eigenvalue weighted by Gasteiger charge is -2.31. The number of nitrogens with zero attached hydrogens (tertiary/aromatic N) is 1. The Kier molecular flexibility index (Phi) is 5.30. The molecule has 6 nitrogen and oxygen atoms in total. The molecule has 0 aliphatic carbocycles. The summed E-state index contributed by atoms with van der Waals surface area (Å²) in [6.45, 7) is 3.53. The van der Waals surface area contributed by atoms with Gasteiger partial charge in [0.05, 0.1) is 19.3 Å². The number of morpholine rings is 1. The maximum Gasteiger partial charge on any atom is 0.325 e. The van der Waals surface area contributed by atoms with Gasteiger partial charge in [0.15, 0.2) is 0 Å². The van der Waals surface area contributed by atoms with E-state index in [9.17, 15) is 14.7 Å². The molecular weight excluding hydrogens is 272 g/mol. The van der Waals surface area contributed by atoms with E-state index in [4.69, 9.17) is 4.74 Å². The summed E-state index contributed by atoms with van der Waals surface area (Å²) in [5.74, 6) is -1.10. The third kappa shape index (κ3) is 4.27. The number of amides is 1. The van der Waals surface area contributed by atoms with Crippen LogP contribution in [-0.2, 0) is 14.3 Å². The van der Waals surface area contributed by atoms with Gasteiger partial charge in [-0.25, -0.2) is 0 Å². The van der Waals surface area contributed by atoms with Crippen molar-refractivity contribution in [3.8, 4) is 0 Å². The van der Waals surface area contributed by atoms with Crippen molar-refractivity contribution in [3.05, 3.63) is 35.9 Å². The molecule has 2 N–H and O–H groups in total. The van der Waals surface area contributed by atoms with Crippen LogP contribution in [0.4, 0.5) is 0 Å². The van der Waals surface area contributed by atoms with Crippen LogP contribution in [0.3, 0.4) is 0 Å². The number of carboxylic acid groups (broad SMARTS) is 1. The van der Waals surface area contributed by atoms with Crippen LogP contribution in [0.1, 0.15) is 18.5 Å².